The van der Waals surface area contributed by atoms with Gasteiger partial charge in [0, 0.05) is 30.2 Å². The Hall–Kier alpha value is -3.93. The Kier molecular flexibility index (Phi) is 7.65. The second-order valence-electron chi connectivity index (χ2n) is 10.9. The van der Waals surface area contributed by atoms with E-state index in [1.165, 1.54) is 6.07 Å². The van der Waals surface area contributed by atoms with Gasteiger partial charge in [0.25, 0.3) is 5.91 Å². The zero-order valence-electron chi connectivity index (χ0n) is 23.8. The number of nitrogens with one attached hydrogen (secondary N) is 1. The molecule has 1 aromatic carbocycles. The summed E-state index contributed by atoms with van der Waals surface area (Å²) in [5.41, 5.74) is 3.70. The number of hydrogen-bond donors (Lipinski definition) is 1. The monoisotopic (exact) mass is 587 g/mol. The van der Waals surface area contributed by atoms with Crippen LogP contribution in [0, 0.1) is 0 Å². The normalized spacial score (nSPS) is 20.9. The van der Waals surface area contributed by atoms with Gasteiger partial charge in [-0.05, 0) is 68.8 Å². The van der Waals surface area contributed by atoms with E-state index in [1.807, 2.05) is 43.3 Å². The van der Waals surface area contributed by atoms with E-state index in [9.17, 15) is 13.2 Å². The quantitative estimate of drug-likeness (QED) is 0.368. The fourth-order valence-corrected chi connectivity index (χ4v) is 6.83. The van der Waals surface area contributed by atoms with Crippen molar-refractivity contribution in [2.24, 2.45) is 0 Å². The number of aromatic nitrogens is 3. The van der Waals surface area contributed by atoms with E-state index >= 15 is 0 Å². The molecule has 1 N–H and O–H groups in total. The van der Waals surface area contributed by atoms with E-state index in [0.717, 1.165) is 41.2 Å². The maximum absolute atomic E-state index is 13.1. The summed E-state index contributed by atoms with van der Waals surface area (Å²) in [7, 11) is -3.52. The molecule has 0 aliphatic carbocycles. The van der Waals surface area contributed by atoms with E-state index in [0.29, 0.717) is 11.3 Å². The van der Waals surface area contributed by atoms with Gasteiger partial charge in [-0.3, -0.25) is 9.78 Å². The Morgan fingerprint density at radius 3 is 2.62 bits per heavy atom. The number of pyridine rings is 3. The first kappa shape index (κ1) is 28.2. The van der Waals surface area contributed by atoms with Gasteiger partial charge in [0.05, 0.1) is 64.7 Å². The Balaban J connectivity index is 1.22. The molecule has 0 spiro atoms. The minimum atomic E-state index is -3.52. The average Bonchev–Trinajstić information content (AvgIpc) is 3.13. The summed E-state index contributed by atoms with van der Waals surface area (Å²) in [6.07, 6.45) is 2.00. The number of carbonyl (C=O) groups is 1. The highest BCUT2D eigenvalue weighted by Gasteiger charge is 2.25. The number of carbonyl (C=O) groups excluding carboxylic acids is 1. The van der Waals surface area contributed by atoms with Crippen LogP contribution >= 0.6 is 0 Å². The van der Waals surface area contributed by atoms with Crippen molar-refractivity contribution in [1.29, 1.82) is 0 Å². The van der Waals surface area contributed by atoms with Crippen molar-refractivity contribution in [3.8, 4) is 11.4 Å². The molecule has 1 fully saturated rings. The lowest BCUT2D eigenvalue weighted by Gasteiger charge is -2.36. The first-order chi connectivity index (χ1) is 20.2. The maximum atomic E-state index is 13.1. The van der Waals surface area contributed by atoms with Gasteiger partial charge in [-0.25, -0.2) is 18.4 Å². The highest BCUT2D eigenvalue weighted by atomic mass is 32.2. The molecule has 0 saturated carbocycles. The highest BCUT2D eigenvalue weighted by Crippen LogP contribution is 2.26. The number of rotatable bonds is 5. The summed E-state index contributed by atoms with van der Waals surface area (Å²) < 4.78 is 36.6. The molecule has 0 radical (unpaired) electrons. The van der Waals surface area contributed by atoms with Crippen LogP contribution in [-0.2, 0) is 25.9 Å². The molecule has 3 atom stereocenters. The van der Waals surface area contributed by atoms with Gasteiger partial charge >= 0.3 is 0 Å². The topological polar surface area (TPSA) is 124 Å². The van der Waals surface area contributed by atoms with Crippen LogP contribution in [0.1, 0.15) is 48.4 Å². The smallest absolute Gasteiger partial charge is 0.251 e. The zero-order valence-corrected chi connectivity index (χ0v) is 24.6. The van der Waals surface area contributed by atoms with E-state index in [1.54, 1.807) is 18.3 Å². The molecule has 5 heterocycles. The second kappa shape index (κ2) is 11.4. The van der Waals surface area contributed by atoms with Crippen LogP contribution in [-0.4, -0.2) is 66.9 Å². The third-order valence-corrected chi connectivity index (χ3v) is 9.30. The van der Waals surface area contributed by atoms with Crippen LogP contribution in [0.15, 0.2) is 65.7 Å². The lowest BCUT2D eigenvalue weighted by atomic mass is 10.1. The van der Waals surface area contributed by atoms with Crippen molar-refractivity contribution in [1.82, 2.24) is 20.3 Å². The number of nitrogens with zero attached hydrogens (tertiary/aromatic N) is 4. The van der Waals surface area contributed by atoms with Crippen LogP contribution in [0.25, 0.3) is 22.3 Å². The van der Waals surface area contributed by atoms with Crippen molar-refractivity contribution in [3.63, 3.8) is 0 Å². The zero-order chi connectivity index (χ0) is 29.4. The van der Waals surface area contributed by atoms with Crippen molar-refractivity contribution < 1.29 is 22.7 Å². The third kappa shape index (κ3) is 5.85. The molecule has 11 heteroatoms. The molecule has 0 unspecified atom stereocenters. The Morgan fingerprint density at radius 2 is 1.81 bits per heavy atom. The molecular weight excluding hydrogens is 554 g/mol. The molecule has 4 aromatic rings. The number of hydrogen-bond acceptors (Lipinski definition) is 9. The molecule has 2 aliphatic rings. The number of anilines is 1. The van der Waals surface area contributed by atoms with Crippen LogP contribution in [0.4, 0.5) is 5.82 Å². The maximum Gasteiger partial charge on any atom is 0.251 e. The molecule has 1 saturated heterocycles. The SMILES string of the molecule is C[C@@H]1CN(c2cccc(-c3ccc4cnc([C@H](C)NC(=O)c5ccc6c(c5)S(=O)(=O)CCOC6)cc4n3)n2)C[C@H](C)O1. The number of amides is 1. The van der Waals surface area contributed by atoms with E-state index in [2.05, 4.69) is 29.0 Å². The number of benzene rings is 1. The van der Waals surface area contributed by atoms with Crippen LogP contribution in [0.2, 0.25) is 0 Å². The van der Waals surface area contributed by atoms with Gasteiger partial charge in [-0.2, -0.15) is 0 Å². The molecule has 1 amide bonds. The highest BCUT2D eigenvalue weighted by molar-refractivity contribution is 7.91. The summed E-state index contributed by atoms with van der Waals surface area (Å²) in [6.45, 7) is 7.86. The molecule has 0 bridgehead atoms. The van der Waals surface area contributed by atoms with Crippen LogP contribution < -0.4 is 10.2 Å². The summed E-state index contributed by atoms with van der Waals surface area (Å²) >= 11 is 0. The molecule has 10 nitrogen and oxygen atoms in total. The molecule has 2 aliphatic heterocycles. The molecule has 3 aromatic heterocycles. The lowest BCUT2D eigenvalue weighted by Crippen LogP contribution is -2.45. The number of ether oxygens (including phenoxy) is 2. The van der Waals surface area contributed by atoms with Crippen LogP contribution in [0.5, 0.6) is 0 Å². The fourth-order valence-electron chi connectivity index (χ4n) is 5.44. The first-order valence-corrected chi connectivity index (χ1v) is 15.7. The molecule has 218 valence electrons. The van der Waals surface area contributed by atoms with Crippen molar-refractivity contribution >= 4 is 32.5 Å². The summed E-state index contributed by atoms with van der Waals surface area (Å²) in [6, 6.07) is 15.9. The average molecular weight is 588 g/mol. The minimum Gasteiger partial charge on any atom is -0.376 e. The Bertz CT molecular complexity index is 1750. The van der Waals surface area contributed by atoms with Gasteiger partial charge in [0.15, 0.2) is 9.84 Å². The van der Waals surface area contributed by atoms with Crippen molar-refractivity contribution in [3.05, 3.63) is 77.6 Å². The number of fused-ring (bicyclic) bond motifs is 2. The lowest BCUT2D eigenvalue weighted by molar-refractivity contribution is -0.00545. The largest absolute Gasteiger partial charge is 0.376 e. The van der Waals surface area contributed by atoms with E-state index < -0.39 is 15.9 Å². The van der Waals surface area contributed by atoms with Gasteiger partial charge in [0.2, 0.25) is 0 Å². The van der Waals surface area contributed by atoms with E-state index in [4.69, 9.17) is 19.4 Å². The summed E-state index contributed by atoms with van der Waals surface area (Å²) in [4.78, 5) is 29.8. The predicted octanol–water partition coefficient (Wildman–Crippen LogP) is 4.10. The second-order valence-corrected chi connectivity index (χ2v) is 13.0. The predicted molar refractivity (Wildman–Crippen MR) is 159 cm³/mol. The van der Waals surface area contributed by atoms with Crippen molar-refractivity contribution in [2.75, 3.05) is 30.3 Å². The standard InChI is InChI=1S/C31H33N5O5S/c1-19-16-36(17-20(2)41-19)30-6-4-5-25(35-30)26-10-9-23-15-32-27(14-28(23)34-26)21(3)33-31(37)22-7-8-24-18-40-11-12-42(38,39)29(24)13-22/h4-10,13-15,19-21H,11-12,16-18H2,1-3H3,(H,33,37)/t19-,20+,21-/m0/s1. The summed E-state index contributed by atoms with van der Waals surface area (Å²) in [5.74, 6) is 0.395. The molecule has 42 heavy (non-hydrogen) atoms. The number of sulfone groups is 1. The number of morpholine rings is 1. The fraction of sp³-hybridized carbons (Fsp3) is 0.355. The van der Waals surface area contributed by atoms with Gasteiger partial charge in [0.1, 0.15) is 5.82 Å². The first-order valence-electron chi connectivity index (χ1n) is 14.0. The van der Waals surface area contributed by atoms with Gasteiger partial charge in [-0.15, -0.1) is 0 Å². The Labute approximate surface area is 245 Å². The van der Waals surface area contributed by atoms with Gasteiger partial charge < -0.3 is 19.7 Å². The summed E-state index contributed by atoms with van der Waals surface area (Å²) in [5, 5.41) is 3.81. The molecular formula is C31H33N5O5S. The molecule has 6 rings (SSSR count). The van der Waals surface area contributed by atoms with E-state index in [-0.39, 0.29) is 47.5 Å². The Morgan fingerprint density at radius 1 is 1.02 bits per heavy atom. The third-order valence-electron chi connectivity index (χ3n) is 7.54. The van der Waals surface area contributed by atoms with Crippen molar-refractivity contribution in [2.45, 2.75) is 50.5 Å². The minimum absolute atomic E-state index is 0.108. The van der Waals surface area contributed by atoms with Crippen LogP contribution in [0.3, 0.4) is 0 Å². The van der Waals surface area contributed by atoms with Gasteiger partial charge in [-0.1, -0.05) is 12.1 Å².